The molecule has 1 rings (SSSR count). The van der Waals surface area contributed by atoms with E-state index in [4.69, 9.17) is 9.47 Å². The molecule has 1 amide bonds. The van der Waals surface area contributed by atoms with Crippen LogP contribution in [-0.2, 0) is 19.0 Å². The Hall–Kier alpha value is -1.30. The first kappa shape index (κ1) is 14.8. The molecule has 0 spiro atoms. The number of alkyl carbamates (subject to hydrolysis) is 1. The fourth-order valence-electron chi connectivity index (χ4n) is 2.12. The fraction of sp³-hybridized carbons (Fsp3) is 0.833. The average molecular weight is 259 g/mol. The Kier molecular flexibility index (Phi) is 5.91. The Morgan fingerprint density at radius 2 is 2.22 bits per heavy atom. The number of ether oxygens (including phenoxy) is 3. The van der Waals surface area contributed by atoms with Gasteiger partial charge in [-0.1, -0.05) is 0 Å². The molecule has 1 aliphatic rings. The Morgan fingerprint density at radius 3 is 2.78 bits per heavy atom. The summed E-state index contributed by atoms with van der Waals surface area (Å²) in [6.45, 7) is 4.56. The summed E-state index contributed by atoms with van der Waals surface area (Å²) >= 11 is 0. The van der Waals surface area contributed by atoms with Crippen molar-refractivity contribution < 1.29 is 23.8 Å². The lowest BCUT2D eigenvalue weighted by atomic mass is 9.89. The van der Waals surface area contributed by atoms with E-state index in [1.165, 1.54) is 7.11 Å². The van der Waals surface area contributed by atoms with Crippen LogP contribution in [0.4, 0.5) is 4.79 Å². The smallest absolute Gasteiger partial charge is 0.407 e. The van der Waals surface area contributed by atoms with Crippen LogP contribution in [0.25, 0.3) is 0 Å². The van der Waals surface area contributed by atoms with Gasteiger partial charge in [0.25, 0.3) is 0 Å². The number of carbonyl (C=O) groups is 2. The average Bonchev–Trinajstić information content (AvgIpc) is 2.35. The molecule has 1 fully saturated rings. The van der Waals surface area contributed by atoms with Crippen LogP contribution in [0, 0.1) is 5.92 Å². The molecule has 1 heterocycles. The van der Waals surface area contributed by atoms with Gasteiger partial charge in [0.2, 0.25) is 0 Å². The van der Waals surface area contributed by atoms with Gasteiger partial charge >= 0.3 is 12.1 Å². The van der Waals surface area contributed by atoms with Gasteiger partial charge in [0.15, 0.2) is 0 Å². The molecule has 0 saturated carbocycles. The molecule has 0 radical (unpaired) electrons. The van der Waals surface area contributed by atoms with E-state index < -0.39 is 18.1 Å². The van der Waals surface area contributed by atoms with E-state index in [2.05, 4.69) is 10.1 Å². The number of hydrogen-bond acceptors (Lipinski definition) is 5. The maximum atomic E-state index is 11.9. The lowest BCUT2D eigenvalue weighted by Crippen LogP contribution is -2.49. The minimum atomic E-state index is -0.663. The summed E-state index contributed by atoms with van der Waals surface area (Å²) in [5.74, 6) is -0.395. The van der Waals surface area contributed by atoms with Crippen LogP contribution in [0.5, 0.6) is 0 Å². The van der Waals surface area contributed by atoms with Crippen LogP contribution in [-0.4, -0.2) is 44.5 Å². The maximum absolute atomic E-state index is 11.9. The Labute approximate surface area is 107 Å². The molecule has 6 heteroatoms. The molecule has 104 valence electrons. The third kappa shape index (κ3) is 4.18. The zero-order chi connectivity index (χ0) is 13.5. The molecule has 6 nitrogen and oxygen atoms in total. The minimum absolute atomic E-state index is 0.0203. The largest absolute Gasteiger partial charge is 0.464 e. The molecule has 3 atom stereocenters. The van der Waals surface area contributed by atoms with Crippen molar-refractivity contribution in [3.05, 3.63) is 0 Å². The number of hydrogen-bond donors (Lipinski definition) is 1. The number of esters is 1. The molecule has 3 unspecified atom stereocenters. The Morgan fingerprint density at radius 1 is 1.50 bits per heavy atom. The summed E-state index contributed by atoms with van der Waals surface area (Å²) in [4.78, 5) is 23.2. The van der Waals surface area contributed by atoms with Crippen molar-refractivity contribution in [3.8, 4) is 0 Å². The van der Waals surface area contributed by atoms with Crippen LogP contribution >= 0.6 is 0 Å². The predicted molar refractivity (Wildman–Crippen MR) is 64.1 cm³/mol. The van der Waals surface area contributed by atoms with Crippen LogP contribution in [0.15, 0.2) is 0 Å². The second kappa shape index (κ2) is 7.20. The summed E-state index contributed by atoms with van der Waals surface area (Å²) < 4.78 is 15.0. The molecule has 0 aromatic carbocycles. The van der Waals surface area contributed by atoms with Gasteiger partial charge in [0.05, 0.1) is 19.8 Å². The summed E-state index contributed by atoms with van der Waals surface area (Å²) in [6, 6.07) is -0.663. The van der Waals surface area contributed by atoms with E-state index in [0.29, 0.717) is 13.0 Å². The topological polar surface area (TPSA) is 73.9 Å². The van der Waals surface area contributed by atoms with E-state index in [9.17, 15) is 9.59 Å². The highest BCUT2D eigenvalue weighted by Gasteiger charge is 2.34. The van der Waals surface area contributed by atoms with Crippen LogP contribution in [0.2, 0.25) is 0 Å². The highest BCUT2D eigenvalue weighted by molar-refractivity contribution is 5.81. The second-order valence-electron chi connectivity index (χ2n) is 4.33. The molecule has 0 aliphatic carbocycles. The fourth-order valence-corrected chi connectivity index (χ4v) is 2.12. The van der Waals surface area contributed by atoms with Crippen molar-refractivity contribution in [1.29, 1.82) is 0 Å². The third-order valence-electron chi connectivity index (χ3n) is 3.00. The molecule has 0 aromatic heterocycles. The van der Waals surface area contributed by atoms with Gasteiger partial charge in [-0.25, -0.2) is 9.59 Å². The summed E-state index contributed by atoms with van der Waals surface area (Å²) in [7, 11) is 1.27. The van der Waals surface area contributed by atoms with Gasteiger partial charge in [0.1, 0.15) is 6.04 Å². The van der Waals surface area contributed by atoms with Crippen molar-refractivity contribution in [1.82, 2.24) is 5.32 Å². The van der Waals surface area contributed by atoms with Crippen molar-refractivity contribution >= 4 is 12.1 Å². The predicted octanol–water partition coefficient (Wildman–Crippen LogP) is 1.09. The molecule has 1 saturated heterocycles. The maximum Gasteiger partial charge on any atom is 0.407 e. The van der Waals surface area contributed by atoms with Crippen LogP contribution in [0.3, 0.4) is 0 Å². The molecule has 0 aromatic rings. The number of amides is 1. The molecular weight excluding hydrogens is 238 g/mol. The highest BCUT2D eigenvalue weighted by Crippen LogP contribution is 2.24. The van der Waals surface area contributed by atoms with Gasteiger partial charge in [-0.15, -0.1) is 0 Å². The number of nitrogens with one attached hydrogen (secondary N) is 1. The number of carbonyl (C=O) groups excluding carboxylic acids is 2. The van der Waals surface area contributed by atoms with Crippen molar-refractivity contribution in [2.24, 2.45) is 5.92 Å². The van der Waals surface area contributed by atoms with E-state index in [1.807, 2.05) is 6.92 Å². The quantitative estimate of drug-likeness (QED) is 0.765. The zero-order valence-electron chi connectivity index (χ0n) is 11.1. The van der Waals surface area contributed by atoms with E-state index in [0.717, 1.165) is 6.42 Å². The first-order valence-corrected chi connectivity index (χ1v) is 6.21. The molecule has 1 N–H and O–H groups in total. The standard InChI is InChI=1S/C12H21NO5/c1-4-17-11(14)10(13-12(15)16-3)9-5-6-18-8(2)7-9/h8-10H,4-7H2,1-3H3,(H,13,15). The van der Waals surface area contributed by atoms with E-state index >= 15 is 0 Å². The van der Waals surface area contributed by atoms with Gasteiger partial charge in [0, 0.05) is 6.61 Å². The second-order valence-corrected chi connectivity index (χ2v) is 4.33. The van der Waals surface area contributed by atoms with Crippen molar-refractivity contribution in [3.63, 3.8) is 0 Å². The normalized spacial score (nSPS) is 25.1. The van der Waals surface area contributed by atoms with Gasteiger partial charge < -0.3 is 19.5 Å². The molecular formula is C12H21NO5. The van der Waals surface area contributed by atoms with Gasteiger partial charge in [-0.3, -0.25) is 0 Å². The lowest BCUT2D eigenvalue weighted by molar-refractivity contribution is -0.148. The minimum Gasteiger partial charge on any atom is -0.464 e. The SMILES string of the molecule is CCOC(=O)C(NC(=O)OC)C1CCOC(C)C1. The number of rotatable bonds is 4. The first-order chi connectivity index (χ1) is 8.58. The highest BCUT2D eigenvalue weighted by atomic mass is 16.5. The lowest BCUT2D eigenvalue weighted by Gasteiger charge is -2.32. The summed E-state index contributed by atoms with van der Waals surface area (Å²) in [6.07, 6.45) is 0.901. The Bertz CT molecular complexity index is 294. The molecule has 1 aliphatic heterocycles. The van der Waals surface area contributed by atoms with Gasteiger partial charge in [-0.2, -0.15) is 0 Å². The summed E-state index contributed by atoms with van der Waals surface area (Å²) in [5.41, 5.74) is 0. The van der Waals surface area contributed by atoms with Gasteiger partial charge in [-0.05, 0) is 32.6 Å². The van der Waals surface area contributed by atoms with Crippen molar-refractivity contribution in [2.45, 2.75) is 38.8 Å². The van der Waals surface area contributed by atoms with Crippen LogP contribution < -0.4 is 5.32 Å². The van der Waals surface area contributed by atoms with E-state index in [1.54, 1.807) is 6.92 Å². The monoisotopic (exact) mass is 259 g/mol. The summed E-state index contributed by atoms with van der Waals surface area (Å²) in [5, 5.41) is 2.55. The number of methoxy groups -OCH3 is 1. The third-order valence-corrected chi connectivity index (χ3v) is 3.00. The van der Waals surface area contributed by atoms with E-state index in [-0.39, 0.29) is 18.6 Å². The first-order valence-electron chi connectivity index (χ1n) is 6.21. The van der Waals surface area contributed by atoms with Crippen LogP contribution in [0.1, 0.15) is 26.7 Å². The molecule has 18 heavy (non-hydrogen) atoms. The van der Waals surface area contributed by atoms with Crippen molar-refractivity contribution in [2.75, 3.05) is 20.3 Å². The molecule has 0 bridgehead atoms. The Balaban J connectivity index is 2.68. The zero-order valence-corrected chi connectivity index (χ0v) is 11.1.